The molecule has 1 rings (SSSR count). The number of aryl methyl sites for hydroxylation is 2. The zero-order chi connectivity index (χ0) is 23.9. The van der Waals surface area contributed by atoms with Gasteiger partial charge in [0.05, 0.1) is 0 Å². The minimum absolute atomic E-state index is 0. The fourth-order valence-corrected chi connectivity index (χ4v) is 4.22. The number of unbranched alkanes of at least 4 members (excludes halogenated alkanes) is 12. The van der Waals surface area contributed by atoms with E-state index in [1.165, 1.54) is 108 Å². The van der Waals surface area contributed by atoms with E-state index < -0.39 is 15.1 Å². The second-order valence-electron chi connectivity index (χ2n) is 9.63. The summed E-state index contributed by atoms with van der Waals surface area (Å²) in [5, 5.41) is 0. The van der Waals surface area contributed by atoms with Gasteiger partial charge in [-0.3, -0.25) is 0 Å². The number of rotatable bonds is 19. The molecule has 0 amide bonds. The molecule has 1 aromatic rings. The molecule has 0 radical (unpaired) electrons. The van der Waals surface area contributed by atoms with Crippen LogP contribution < -0.4 is 34.3 Å². The second kappa shape index (κ2) is 18.2. The van der Waals surface area contributed by atoms with Crippen molar-refractivity contribution in [3.05, 3.63) is 29.3 Å². The van der Waals surface area contributed by atoms with Crippen LogP contribution >= 0.6 is 0 Å². The summed E-state index contributed by atoms with van der Waals surface area (Å²) in [7, 11) is -4.56. The summed E-state index contributed by atoms with van der Waals surface area (Å²) in [5.74, 6) is 0.468. The summed E-state index contributed by atoms with van der Waals surface area (Å²) in [5.41, 5.74) is 2.57. The molecule has 0 aliphatic carbocycles. The molecule has 0 fully saturated rings. The molecular weight excluding hydrogens is 443 g/mol. The van der Waals surface area contributed by atoms with Gasteiger partial charge in [-0.25, -0.2) is 8.42 Å². The zero-order valence-corrected chi connectivity index (χ0v) is 24.9. The number of hydrogen-bond donors (Lipinski definition) is 0. The first kappa shape index (κ1) is 32.9. The molecule has 0 saturated carbocycles. The Hall–Kier alpha value is -0.0700. The Balaban J connectivity index is 0.0000102. The van der Waals surface area contributed by atoms with E-state index in [1.807, 2.05) is 12.1 Å². The monoisotopic (exact) mass is 490 g/mol. The number of benzene rings is 1. The van der Waals surface area contributed by atoms with Gasteiger partial charge < -0.3 is 9.29 Å². The van der Waals surface area contributed by atoms with Crippen LogP contribution in [0.25, 0.3) is 0 Å². The molecule has 33 heavy (non-hydrogen) atoms. The molecule has 0 spiro atoms. The number of ether oxygens (including phenoxy) is 1. The van der Waals surface area contributed by atoms with Crippen molar-refractivity contribution in [1.82, 2.24) is 0 Å². The second-order valence-corrected chi connectivity index (χ2v) is 11.5. The van der Waals surface area contributed by atoms with E-state index in [1.54, 1.807) is 0 Å². The van der Waals surface area contributed by atoms with Gasteiger partial charge in [-0.05, 0) is 62.8 Å². The molecule has 0 heterocycles. The van der Waals surface area contributed by atoms with Gasteiger partial charge in [0.25, 0.3) is 0 Å². The molecule has 0 N–H and O–H groups in total. The van der Waals surface area contributed by atoms with E-state index in [4.69, 9.17) is 4.74 Å². The van der Waals surface area contributed by atoms with Crippen LogP contribution in [-0.4, -0.2) is 17.9 Å². The standard InChI is InChI=1S/C27H48O4S.Na/c1-5-7-9-11-13-15-17-19-24-21-22-26(31-27(3,4)32(28,29)30)23-25(24)20-18-16-14-12-10-8-6-2;/h21-23H,5-20H2,1-4H3,(H,28,29,30);/q;+1/p-1. The third-order valence-corrected chi connectivity index (χ3v) is 7.53. The Bertz CT molecular complexity index is 732. The first-order valence-electron chi connectivity index (χ1n) is 13.0. The van der Waals surface area contributed by atoms with Crippen molar-refractivity contribution in [3.8, 4) is 5.75 Å². The summed E-state index contributed by atoms with van der Waals surface area (Å²) < 4.78 is 40.2. The SMILES string of the molecule is CCCCCCCCCc1ccc(OC(C)(C)S(=O)(=O)[O-])cc1CCCCCCCCC.[Na+]. The maximum atomic E-state index is 11.5. The van der Waals surface area contributed by atoms with E-state index >= 15 is 0 Å². The van der Waals surface area contributed by atoms with Crippen molar-refractivity contribution in [2.24, 2.45) is 0 Å². The Morgan fingerprint density at radius 1 is 0.727 bits per heavy atom. The molecule has 0 atom stereocenters. The first-order chi connectivity index (χ1) is 15.2. The molecule has 4 nitrogen and oxygen atoms in total. The van der Waals surface area contributed by atoms with Crippen molar-refractivity contribution in [3.63, 3.8) is 0 Å². The van der Waals surface area contributed by atoms with E-state index in [0.29, 0.717) is 5.75 Å². The zero-order valence-electron chi connectivity index (χ0n) is 22.1. The Labute approximate surface area is 226 Å². The predicted molar refractivity (Wildman–Crippen MR) is 134 cm³/mol. The van der Waals surface area contributed by atoms with Crippen molar-refractivity contribution in [2.75, 3.05) is 0 Å². The van der Waals surface area contributed by atoms with Gasteiger partial charge in [-0.1, -0.05) is 97.0 Å². The van der Waals surface area contributed by atoms with E-state index in [2.05, 4.69) is 19.9 Å². The summed E-state index contributed by atoms with van der Waals surface area (Å²) in [6.45, 7) is 7.12. The molecule has 0 aliphatic rings. The average Bonchev–Trinajstić information content (AvgIpc) is 2.72. The quantitative estimate of drug-likeness (QED) is 0.157. The van der Waals surface area contributed by atoms with E-state index in [9.17, 15) is 13.0 Å². The average molecular weight is 491 g/mol. The van der Waals surface area contributed by atoms with Crippen molar-refractivity contribution in [2.45, 2.75) is 135 Å². The van der Waals surface area contributed by atoms with Gasteiger partial charge in [0, 0.05) is 0 Å². The van der Waals surface area contributed by atoms with Crippen molar-refractivity contribution in [1.29, 1.82) is 0 Å². The molecule has 186 valence electrons. The van der Waals surface area contributed by atoms with Gasteiger partial charge in [0.15, 0.2) is 4.93 Å². The third kappa shape index (κ3) is 14.2. The van der Waals surface area contributed by atoms with Crippen LogP contribution in [0.4, 0.5) is 0 Å². The summed E-state index contributed by atoms with van der Waals surface area (Å²) in [6.07, 6.45) is 19.8. The van der Waals surface area contributed by atoms with Crippen LogP contribution in [0.15, 0.2) is 18.2 Å². The molecule has 0 bridgehead atoms. The topological polar surface area (TPSA) is 66.4 Å². The Morgan fingerprint density at radius 3 is 1.61 bits per heavy atom. The Morgan fingerprint density at radius 2 is 1.15 bits per heavy atom. The van der Waals surface area contributed by atoms with Gasteiger partial charge in [-0.15, -0.1) is 0 Å². The molecule has 0 aliphatic heterocycles. The third-order valence-electron chi connectivity index (χ3n) is 6.24. The van der Waals surface area contributed by atoms with Crippen LogP contribution in [0.3, 0.4) is 0 Å². The van der Waals surface area contributed by atoms with Gasteiger partial charge in [-0.2, -0.15) is 0 Å². The van der Waals surface area contributed by atoms with Crippen LogP contribution in [0.2, 0.25) is 0 Å². The number of hydrogen-bond acceptors (Lipinski definition) is 4. The van der Waals surface area contributed by atoms with E-state index in [0.717, 1.165) is 19.3 Å². The van der Waals surface area contributed by atoms with Gasteiger partial charge >= 0.3 is 29.6 Å². The first-order valence-corrected chi connectivity index (χ1v) is 14.4. The van der Waals surface area contributed by atoms with Crippen molar-refractivity contribution < 1.29 is 47.3 Å². The van der Waals surface area contributed by atoms with Gasteiger partial charge in [0.2, 0.25) is 0 Å². The largest absolute Gasteiger partial charge is 1.00 e. The van der Waals surface area contributed by atoms with Crippen LogP contribution in [0.1, 0.15) is 129 Å². The van der Waals surface area contributed by atoms with Crippen LogP contribution in [-0.2, 0) is 23.0 Å². The maximum absolute atomic E-state index is 11.5. The fraction of sp³-hybridized carbons (Fsp3) is 0.778. The Kier molecular flexibility index (Phi) is 18.2. The molecule has 1 aromatic carbocycles. The summed E-state index contributed by atoms with van der Waals surface area (Å²) in [6, 6.07) is 5.84. The smallest absolute Gasteiger partial charge is 0.745 e. The van der Waals surface area contributed by atoms with Crippen LogP contribution in [0.5, 0.6) is 5.75 Å². The molecular formula is C27H47NaO4S. The summed E-state index contributed by atoms with van der Waals surface area (Å²) >= 11 is 0. The normalized spacial score (nSPS) is 11.9. The molecule has 0 unspecified atom stereocenters. The van der Waals surface area contributed by atoms with Gasteiger partial charge in [0.1, 0.15) is 15.9 Å². The summed E-state index contributed by atoms with van der Waals surface area (Å²) in [4.78, 5) is -1.77. The minimum Gasteiger partial charge on any atom is -0.745 e. The minimum atomic E-state index is -4.56. The van der Waals surface area contributed by atoms with Crippen LogP contribution in [0, 0.1) is 0 Å². The predicted octanol–water partition coefficient (Wildman–Crippen LogP) is 4.94. The maximum Gasteiger partial charge on any atom is 1.00 e. The van der Waals surface area contributed by atoms with E-state index in [-0.39, 0.29) is 29.6 Å². The molecule has 6 heteroatoms. The molecule has 0 saturated heterocycles. The fourth-order valence-electron chi connectivity index (χ4n) is 4.02. The molecule has 0 aromatic heterocycles. The van der Waals surface area contributed by atoms with Crippen molar-refractivity contribution >= 4 is 10.1 Å².